The van der Waals surface area contributed by atoms with Crippen LogP contribution in [0.3, 0.4) is 0 Å². The predicted octanol–water partition coefficient (Wildman–Crippen LogP) is 5.29. The van der Waals surface area contributed by atoms with Crippen molar-refractivity contribution >= 4 is 72.3 Å². The van der Waals surface area contributed by atoms with Crippen molar-refractivity contribution in [1.82, 2.24) is 15.2 Å². The van der Waals surface area contributed by atoms with Crippen LogP contribution < -0.4 is 14.9 Å². The van der Waals surface area contributed by atoms with Gasteiger partial charge in [0.15, 0.2) is 5.13 Å². The predicted molar refractivity (Wildman–Crippen MR) is 166 cm³/mol. The van der Waals surface area contributed by atoms with E-state index < -0.39 is 10.0 Å². The molecule has 0 atom stereocenters. The fourth-order valence-corrected chi connectivity index (χ4v) is 6.77. The molecule has 2 N–H and O–H groups in total. The topological polar surface area (TPSA) is 94.6 Å². The number of hydrogen-bond acceptors (Lipinski definition) is 7. The average molecular weight is 621 g/mol. The van der Waals surface area contributed by atoms with Gasteiger partial charge in [0.2, 0.25) is 0 Å². The van der Waals surface area contributed by atoms with Crippen LogP contribution in [-0.4, -0.2) is 63.5 Å². The van der Waals surface area contributed by atoms with Gasteiger partial charge in [-0.15, -0.1) is 12.4 Å². The van der Waals surface area contributed by atoms with Gasteiger partial charge in [-0.25, -0.2) is 13.4 Å². The molecule has 1 saturated heterocycles. The molecule has 0 saturated carbocycles. The first-order chi connectivity index (χ1) is 18.8. The molecule has 12 heteroatoms. The highest BCUT2D eigenvalue weighted by molar-refractivity contribution is 7.92. The third-order valence-electron chi connectivity index (χ3n) is 6.75. The van der Waals surface area contributed by atoms with E-state index in [4.69, 9.17) is 16.6 Å². The summed E-state index contributed by atoms with van der Waals surface area (Å²) in [4.78, 5) is 22.3. The summed E-state index contributed by atoms with van der Waals surface area (Å²) in [6, 6.07) is 18.7. The van der Waals surface area contributed by atoms with Crippen molar-refractivity contribution in [1.29, 1.82) is 0 Å². The quantitative estimate of drug-likeness (QED) is 0.264. The van der Waals surface area contributed by atoms with Gasteiger partial charge in [0.1, 0.15) is 0 Å². The lowest BCUT2D eigenvalue weighted by Crippen LogP contribution is -2.48. The van der Waals surface area contributed by atoms with E-state index in [-0.39, 0.29) is 23.2 Å². The summed E-state index contributed by atoms with van der Waals surface area (Å²) in [7, 11) is -3.74. The molecule has 5 rings (SSSR count). The van der Waals surface area contributed by atoms with E-state index in [9.17, 15) is 13.2 Å². The Labute approximate surface area is 249 Å². The number of benzene rings is 3. The number of carbonyl (C=O) groups excluding carboxylic acids is 1. The summed E-state index contributed by atoms with van der Waals surface area (Å²) in [6.45, 7) is 7.09. The summed E-state index contributed by atoms with van der Waals surface area (Å²) in [5, 5.41) is 4.50. The normalized spacial score (nSPS) is 14.1. The number of nitrogens with zero attached hydrogens (tertiary/aromatic N) is 3. The van der Waals surface area contributed by atoms with Crippen LogP contribution >= 0.6 is 35.3 Å². The highest BCUT2D eigenvalue weighted by atomic mass is 35.5. The Hall–Kier alpha value is -2.89. The van der Waals surface area contributed by atoms with Crippen LogP contribution in [0.25, 0.3) is 10.2 Å². The Morgan fingerprint density at radius 1 is 1.00 bits per heavy atom. The van der Waals surface area contributed by atoms with Crippen LogP contribution in [0.4, 0.5) is 10.8 Å². The molecule has 3 aromatic carbocycles. The van der Waals surface area contributed by atoms with Crippen molar-refractivity contribution in [2.24, 2.45) is 0 Å². The number of amides is 1. The molecule has 8 nitrogen and oxygen atoms in total. The van der Waals surface area contributed by atoms with Gasteiger partial charge in [-0.3, -0.25) is 14.4 Å². The van der Waals surface area contributed by atoms with E-state index in [2.05, 4.69) is 45.0 Å². The first-order valence-electron chi connectivity index (χ1n) is 12.8. The van der Waals surface area contributed by atoms with Gasteiger partial charge in [0.25, 0.3) is 15.9 Å². The summed E-state index contributed by atoms with van der Waals surface area (Å²) in [6.07, 6.45) is 0.979. The van der Waals surface area contributed by atoms with E-state index in [1.54, 1.807) is 35.6 Å². The number of carbonyl (C=O) groups is 1. The van der Waals surface area contributed by atoms with Gasteiger partial charge >= 0.3 is 0 Å². The average Bonchev–Trinajstić information content (AvgIpc) is 3.38. The Kier molecular flexibility index (Phi) is 9.91. The lowest BCUT2D eigenvalue weighted by Gasteiger charge is -2.34. The molecule has 212 valence electrons. The zero-order valence-electron chi connectivity index (χ0n) is 22.0. The van der Waals surface area contributed by atoms with Crippen LogP contribution in [0.2, 0.25) is 5.02 Å². The minimum atomic E-state index is -3.74. The first-order valence-corrected chi connectivity index (χ1v) is 15.5. The maximum absolute atomic E-state index is 12.6. The zero-order chi connectivity index (χ0) is 27.4. The highest BCUT2D eigenvalue weighted by Crippen LogP contribution is 2.31. The summed E-state index contributed by atoms with van der Waals surface area (Å²) in [5.74, 6) is -0.193. The summed E-state index contributed by atoms with van der Waals surface area (Å²) >= 11 is 7.59. The van der Waals surface area contributed by atoms with Gasteiger partial charge in [-0.1, -0.05) is 42.0 Å². The second-order valence-corrected chi connectivity index (χ2v) is 12.5. The molecular formula is C28H31Cl2N5O3S2. The van der Waals surface area contributed by atoms with Gasteiger partial charge < -0.3 is 10.2 Å². The monoisotopic (exact) mass is 619 g/mol. The van der Waals surface area contributed by atoms with Gasteiger partial charge in [0, 0.05) is 55.5 Å². The van der Waals surface area contributed by atoms with E-state index in [1.165, 1.54) is 34.5 Å². The van der Waals surface area contributed by atoms with E-state index >= 15 is 0 Å². The number of rotatable bonds is 9. The van der Waals surface area contributed by atoms with Crippen LogP contribution in [0, 0.1) is 0 Å². The number of aryl methyl sites for hydroxylation is 1. The number of nitrogens with one attached hydrogen (secondary N) is 2. The molecule has 1 amide bonds. The molecule has 1 fully saturated rings. The number of fused-ring (bicyclic) bond motifs is 1. The fraction of sp³-hybridized carbons (Fsp3) is 0.286. The molecule has 1 aliphatic heterocycles. The Morgan fingerprint density at radius 3 is 2.38 bits per heavy atom. The van der Waals surface area contributed by atoms with Crippen LogP contribution in [0.15, 0.2) is 71.6 Å². The molecule has 1 aromatic heterocycles. The van der Waals surface area contributed by atoms with Gasteiger partial charge in [0.05, 0.1) is 15.1 Å². The number of thiazole rings is 1. The van der Waals surface area contributed by atoms with E-state index in [1.807, 2.05) is 0 Å². The van der Waals surface area contributed by atoms with Gasteiger partial charge in [-0.2, -0.15) is 0 Å². The number of para-hydroxylation sites is 1. The molecule has 0 unspecified atom stereocenters. The second-order valence-electron chi connectivity index (χ2n) is 9.34. The standard InChI is InChI=1S/C28H30ClN5O3S2.ClH/c1-2-20-4-3-5-25-26(20)31-28(38-25)34-18-16-33(17-19-34)15-14-30-27(35)21-6-10-23(11-7-21)32-39(36,37)24-12-8-22(29)9-13-24;/h3-13,32H,2,14-19H2,1H3,(H,30,35);1H. The number of piperazine rings is 1. The Balaban J connectivity index is 0.00000370. The van der Waals surface area contributed by atoms with Crippen LogP contribution in [0.5, 0.6) is 0 Å². The molecule has 0 bridgehead atoms. The highest BCUT2D eigenvalue weighted by Gasteiger charge is 2.20. The number of anilines is 2. The molecule has 0 radical (unpaired) electrons. The molecule has 2 heterocycles. The molecule has 0 aliphatic carbocycles. The van der Waals surface area contributed by atoms with Gasteiger partial charge in [-0.05, 0) is 66.6 Å². The smallest absolute Gasteiger partial charge is 0.261 e. The van der Waals surface area contributed by atoms with Crippen LogP contribution in [0.1, 0.15) is 22.8 Å². The maximum Gasteiger partial charge on any atom is 0.261 e. The maximum atomic E-state index is 12.6. The zero-order valence-corrected chi connectivity index (χ0v) is 25.2. The SMILES string of the molecule is CCc1cccc2sc(N3CCN(CCNC(=O)c4ccc(NS(=O)(=O)c5ccc(Cl)cc5)cc4)CC3)nc12.Cl. The summed E-state index contributed by atoms with van der Waals surface area (Å²) in [5.41, 5.74) is 3.25. The number of sulfonamides is 1. The number of halogens is 2. The van der Waals surface area contributed by atoms with Crippen molar-refractivity contribution in [2.75, 3.05) is 48.9 Å². The lowest BCUT2D eigenvalue weighted by molar-refractivity contribution is 0.0948. The minimum Gasteiger partial charge on any atom is -0.351 e. The Morgan fingerprint density at radius 2 is 1.70 bits per heavy atom. The van der Waals surface area contributed by atoms with Crippen LogP contribution in [-0.2, 0) is 16.4 Å². The van der Waals surface area contributed by atoms with E-state index in [0.29, 0.717) is 22.8 Å². The molecule has 40 heavy (non-hydrogen) atoms. The number of aromatic nitrogens is 1. The fourth-order valence-electron chi connectivity index (χ4n) is 4.52. The molecule has 0 spiro atoms. The van der Waals surface area contributed by atoms with Crippen molar-refractivity contribution < 1.29 is 13.2 Å². The largest absolute Gasteiger partial charge is 0.351 e. The lowest BCUT2D eigenvalue weighted by atomic mass is 10.1. The second kappa shape index (κ2) is 13.2. The third-order valence-corrected chi connectivity index (χ3v) is 9.48. The molecule has 1 aliphatic rings. The minimum absolute atomic E-state index is 0. The Bertz CT molecular complexity index is 1550. The van der Waals surface area contributed by atoms with Crippen molar-refractivity contribution in [3.63, 3.8) is 0 Å². The number of hydrogen-bond donors (Lipinski definition) is 2. The van der Waals surface area contributed by atoms with E-state index in [0.717, 1.165) is 49.8 Å². The molecular weight excluding hydrogens is 589 g/mol. The third kappa shape index (κ3) is 7.05. The first kappa shape index (κ1) is 30.1. The van der Waals surface area contributed by atoms with Crippen molar-refractivity contribution in [3.8, 4) is 0 Å². The summed E-state index contributed by atoms with van der Waals surface area (Å²) < 4.78 is 28.8. The van der Waals surface area contributed by atoms with Crippen molar-refractivity contribution in [2.45, 2.75) is 18.2 Å². The van der Waals surface area contributed by atoms with Crippen molar-refractivity contribution in [3.05, 3.63) is 82.9 Å². The molecule has 4 aromatic rings.